The smallest absolute Gasteiger partial charge is 0.364 e. The van der Waals surface area contributed by atoms with Crippen LogP contribution in [0.5, 0.6) is 0 Å². The van der Waals surface area contributed by atoms with Crippen LogP contribution in [0, 0.1) is 24.1 Å². The second-order valence-corrected chi connectivity index (χ2v) is 5.19. The number of halogens is 1. The summed E-state index contributed by atoms with van der Waals surface area (Å²) < 4.78 is 40.1. The van der Waals surface area contributed by atoms with Gasteiger partial charge in [0.25, 0.3) is 5.89 Å². The minimum atomic E-state index is -4.69. The van der Waals surface area contributed by atoms with E-state index in [0.717, 1.165) is 17.0 Å². The van der Waals surface area contributed by atoms with Gasteiger partial charge in [0.1, 0.15) is 5.69 Å². The first-order valence-corrected chi connectivity index (χ1v) is 7.36. The van der Waals surface area contributed by atoms with Gasteiger partial charge >= 0.3 is 5.84 Å². The molecule has 116 valence electrons. The third-order valence-electron chi connectivity index (χ3n) is 2.60. The van der Waals surface area contributed by atoms with Crippen LogP contribution in [0.15, 0.2) is 40.8 Å². The van der Waals surface area contributed by atoms with E-state index in [0.29, 0.717) is 11.7 Å². The van der Waals surface area contributed by atoms with E-state index >= 15 is 0 Å². The normalized spacial score (nSPS) is 11.2. The highest BCUT2D eigenvalue weighted by Gasteiger charge is 2.18. The van der Waals surface area contributed by atoms with Gasteiger partial charge in [-0.05, 0) is 22.2 Å². The Labute approximate surface area is 127 Å². The number of fused-ring (bicyclic) bond motifs is 1. The van der Waals surface area contributed by atoms with Crippen molar-refractivity contribution in [2.45, 2.75) is 13.8 Å². The monoisotopic (exact) mass is 326 g/mol. The summed E-state index contributed by atoms with van der Waals surface area (Å²) in [4.78, 5) is 4.32. The molecule has 0 aliphatic rings. The van der Waals surface area contributed by atoms with Gasteiger partial charge < -0.3 is 4.42 Å². The number of nitrogens with zero attached hydrogens (tertiary/aromatic N) is 3. The Balaban J connectivity index is 0.000000309. The van der Waals surface area contributed by atoms with Crippen LogP contribution in [-0.4, -0.2) is 14.7 Å². The van der Waals surface area contributed by atoms with Gasteiger partial charge in [-0.1, -0.05) is 22.7 Å². The zero-order valence-corrected chi connectivity index (χ0v) is 12.5. The molecule has 0 atom stereocenters. The first kappa shape index (κ1) is 16.3. The summed E-state index contributed by atoms with van der Waals surface area (Å²) in [5.74, 6) is 1.12. The van der Waals surface area contributed by atoms with E-state index in [1.54, 1.807) is 4.52 Å². The molecule has 0 aliphatic heterocycles. The van der Waals surface area contributed by atoms with E-state index in [9.17, 15) is 0 Å². The summed E-state index contributed by atoms with van der Waals surface area (Å²) in [6.07, 6.45) is 0. The first-order chi connectivity index (χ1) is 10.2. The molecule has 0 amide bonds. The molecule has 3 aromatic rings. The number of hydrogen-bond acceptors (Lipinski definition) is 7. The summed E-state index contributed by atoms with van der Waals surface area (Å²) in [5, 5.41) is 4.41. The van der Waals surface area contributed by atoms with Crippen LogP contribution < -0.4 is 18.5 Å². The van der Waals surface area contributed by atoms with E-state index < -0.39 is 10.2 Å². The lowest BCUT2D eigenvalue weighted by molar-refractivity contribution is -1.92. The maximum atomic E-state index is 8.60. The maximum Gasteiger partial charge on any atom is 0.532 e. The second-order valence-electron chi connectivity index (χ2n) is 4.40. The largest absolute Gasteiger partial charge is 0.532 e. The highest BCUT2D eigenvalue weighted by molar-refractivity contribution is 5.52. The summed E-state index contributed by atoms with van der Waals surface area (Å²) in [7, 11) is -4.69. The van der Waals surface area contributed by atoms with Crippen LogP contribution in [0.1, 0.15) is 11.4 Å². The van der Waals surface area contributed by atoms with E-state index in [4.69, 9.17) is 23.1 Å². The van der Waals surface area contributed by atoms with Crippen molar-refractivity contribution in [3.05, 3.63) is 47.8 Å². The van der Waals surface area contributed by atoms with Gasteiger partial charge in [0.05, 0.1) is 14.9 Å². The van der Waals surface area contributed by atoms with Crippen molar-refractivity contribution in [2.24, 2.45) is 0 Å². The van der Waals surface area contributed by atoms with Crippen molar-refractivity contribution >= 4 is 5.84 Å². The van der Waals surface area contributed by atoms with Crippen molar-refractivity contribution in [1.29, 1.82) is 0 Å². The maximum absolute atomic E-state index is 8.60. The molecule has 0 spiro atoms. The molecule has 0 bridgehead atoms. The van der Waals surface area contributed by atoms with Crippen molar-refractivity contribution < 1.29 is 37.8 Å². The summed E-state index contributed by atoms with van der Waals surface area (Å²) >= 11 is 0. The van der Waals surface area contributed by atoms with E-state index in [1.807, 2.05) is 50.2 Å². The minimum absolute atomic E-state index is 0.529. The Kier molecular flexibility index (Phi) is 4.69. The van der Waals surface area contributed by atoms with Crippen LogP contribution in [0.4, 0.5) is 0 Å². The van der Waals surface area contributed by atoms with Gasteiger partial charge in [-0.15, -0.1) is 0 Å². The molecule has 8 nitrogen and oxygen atoms in total. The van der Waals surface area contributed by atoms with Crippen molar-refractivity contribution in [3.8, 4) is 11.5 Å². The predicted molar refractivity (Wildman–Crippen MR) is 64.6 cm³/mol. The molecular formula is C13H13ClN3O5+. The molecule has 0 aliphatic carbocycles. The minimum Gasteiger partial charge on any atom is -0.364 e. The van der Waals surface area contributed by atoms with Crippen molar-refractivity contribution in [2.75, 3.05) is 0 Å². The zero-order chi connectivity index (χ0) is 16.3. The van der Waals surface area contributed by atoms with E-state index in [-0.39, 0.29) is 0 Å². The molecule has 2 heterocycles. The molecule has 1 aromatic carbocycles. The fraction of sp³-hybridized carbons (Fsp3) is 0.154. The van der Waals surface area contributed by atoms with Gasteiger partial charge in [0.15, 0.2) is 5.69 Å². The molecule has 9 heteroatoms. The zero-order valence-electron chi connectivity index (χ0n) is 11.8. The van der Waals surface area contributed by atoms with Gasteiger partial charge in [-0.25, -0.2) is 0 Å². The van der Waals surface area contributed by atoms with E-state index in [2.05, 4.69) is 10.1 Å². The Morgan fingerprint density at radius 1 is 1.14 bits per heavy atom. The van der Waals surface area contributed by atoms with Crippen LogP contribution in [-0.2, 0) is 0 Å². The SMILES string of the molecule is Cc1cc(C)[n+]2nc(-c3ccccc3)oc2n1.[O-][Cl+3]([O-])([O-])O. The average Bonchev–Trinajstić information content (AvgIpc) is 2.82. The van der Waals surface area contributed by atoms with Crippen LogP contribution in [0.25, 0.3) is 17.3 Å². The Hall–Kier alpha value is -2.10. The third kappa shape index (κ3) is 4.45. The van der Waals surface area contributed by atoms with Crippen LogP contribution in [0.2, 0.25) is 0 Å². The molecule has 0 saturated heterocycles. The number of aryl methyl sites for hydroxylation is 2. The fourth-order valence-electron chi connectivity index (χ4n) is 1.83. The number of aromatic nitrogens is 3. The molecule has 1 N–H and O–H groups in total. The molecular weight excluding hydrogens is 314 g/mol. The quantitative estimate of drug-likeness (QED) is 0.510. The first-order valence-electron chi connectivity index (χ1n) is 6.10. The lowest BCUT2D eigenvalue weighted by Gasteiger charge is -2.03. The predicted octanol–water partition coefficient (Wildman–Crippen LogP) is -2.03. The average molecular weight is 327 g/mol. The fourth-order valence-corrected chi connectivity index (χ4v) is 1.83. The lowest BCUT2D eigenvalue weighted by Crippen LogP contribution is -2.58. The van der Waals surface area contributed by atoms with Gasteiger partial charge in [0.2, 0.25) is 0 Å². The van der Waals surface area contributed by atoms with Crippen molar-refractivity contribution in [3.63, 3.8) is 0 Å². The second kappa shape index (κ2) is 6.34. The Morgan fingerprint density at radius 2 is 1.73 bits per heavy atom. The number of benzene rings is 1. The summed E-state index contributed by atoms with van der Waals surface area (Å²) in [6, 6.07) is 11.8. The lowest BCUT2D eigenvalue weighted by atomic mass is 10.2. The summed E-state index contributed by atoms with van der Waals surface area (Å²) in [5.41, 5.74) is 2.90. The summed E-state index contributed by atoms with van der Waals surface area (Å²) in [6.45, 7) is 3.93. The standard InChI is InChI=1S/C13H12N3O.ClHO4/c1-9-8-10(2)16-13(14-9)17-12(15-16)11-6-4-3-5-7-11;2-1(3,4)5/h3-8H,1-2H3;(H,2,3,4,5)/q+1;. The number of rotatable bonds is 1. The van der Waals surface area contributed by atoms with Gasteiger partial charge in [0, 0.05) is 25.5 Å². The number of hydrogen-bond donors (Lipinski definition) is 1. The molecule has 0 radical (unpaired) electrons. The van der Waals surface area contributed by atoms with Gasteiger partial charge in [-0.3, -0.25) is 0 Å². The molecule has 22 heavy (non-hydrogen) atoms. The highest BCUT2D eigenvalue weighted by Crippen LogP contribution is 2.16. The molecule has 0 unspecified atom stereocenters. The Morgan fingerprint density at radius 3 is 2.32 bits per heavy atom. The molecule has 3 rings (SSSR count). The molecule has 2 aromatic heterocycles. The Bertz CT molecular complexity index is 764. The third-order valence-corrected chi connectivity index (χ3v) is 2.60. The van der Waals surface area contributed by atoms with Crippen LogP contribution in [0.3, 0.4) is 0 Å². The van der Waals surface area contributed by atoms with E-state index in [1.165, 1.54) is 0 Å². The van der Waals surface area contributed by atoms with Crippen LogP contribution >= 0.6 is 0 Å². The molecule has 0 fully saturated rings. The highest BCUT2D eigenvalue weighted by atomic mass is 35.7. The molecule has 0 saturated carbocycles. The van der Waals surface area contributed by atoms with Crippen molar-refractivity contribution in [1.82, 2.24) is 10.1 Å². The topological polar surface area (TPSA) is 132 Å². The van der Waals surface area contributed by atoms with Gasteiger partial charge in [-0.2, -0.15) is 14.0 Å².